The van der Waals surface area contributed by atoms with Crippen molar-refractivity contribution < 1.29 is 4.79 Å². The second-order valence-corrected chi connectivity index (χ2v) is 7.29. The summed E-state index contributed by atoms with van der Waals surface area (Å²) in [7, 11) is 0. The molecule has 0 saturated heterocycles. The Kier molecular flexibility index (Phi) is 6.63. The van der Waals surface area contributed by atoms with Gasteiger partial charge in [0.05, 0.1) is 6.54 Å². The highest BCUT2D eigenvalue weighted by atomic mass is 16.1. The molecule has 148 valence electrons. The average molecular weight is 380 g/mol. The molecule has 1 aliphatic rings. The van der Waals surface area contributed by atoms with Crippen molar-refractivity contribution in [3.8, 4) is 0 Å². The van der Waals surface area contributed by atoms with Crippen LogP contribution < -0.4 is 16.0 Å². The Morgan fingerprint density at radius 3 is 2.57 bits per heavy atom. The number of hydrogen-bond acceptors (Lipinski definition) is 3. The van der Waals surface area contributed by atoms with Gasteiger partial charge in [-0.1, -0.05) is 36.4 Å². The molecule has 1 heterocycles. The van der Waals surface area contributed by atoms with Crippen LogP contribution in [0.5, 0.6) is 0 Å². The van der Waals surface area contributed by atoms with Gasteiger partial charge in [-0.2, -0.15) is 0 Å². The highest BCUT2D eigenvalue weighted by Gasteiger charge is 2.43. The molecule has 0 unspecified atom stereocenters. The summed E-state index contributed by atoms with van der Waals surface area (Å²) in [5, 5.41) is 9.33. The highest BCUT2D eigenvalue weighted by molar-refractivity contribution is 5.90. The predicted molar refractivity (Wildman–Crippen MR) is 114 cm³/mol. The van der Waals surface area contributed by atoms with Crippen LogP contribution in [0.2, 0.25) is 0 Å². The van der Waals surface area contributed by atoms with Gasteiger partial charge in [-0.15, -0.1) is 0 Å². The predicted octanol–water partition coefficient (Wildman–Crippen LogP) is 3.01. The van der Waals surface area contributed by atoms with Crippen molar-refractivity contribution in [1.29, 1.82) is 0 Å². The van der Waals surface area contributed by atoms with Crippen LogP contribution in [0.3, 0.4) is 0 Å². The van der Waals surface area contributed by atoms with Crippen LogP contribution in [0, 0.1) is 6.92 Å². The van der Waals surface area contributed by atoms with Gasteiger partial charge in [-0.05, 0) is 43.9 Å². The molecule has 0 aliphatic heterocycles. The molecule has 1 saturated carbocycles. The minimum atomic E-state index is -0.0670. The van der Waals surface area contributed by atoms with Crippen LogP contribution in [-0.2, 0) is 10.2 Å². The molecule has 6 heteroatoms. The summed E-state index contributed by atoms with van der Waals surface area (Å²) < 4.78 is 0. The van der Waals surface area contributed by atoms with Crippen LogP contribution >= 0.6 is 0 Å². The fraction of sp³-hybridized carbons (Fsp3) is 0.409. The SMILES string of the molecule is CCNC(=NCC1(c2ccccc2)CC1)NCCC(=O)Nc1ccc(C)cn1. The largest absolute Gasteiger partial charge is 0.357 e. The summed E-state index contributed by atoms with van der Waals surface area (Å²) in [5.41, 5.74) is 2.60. The minimum absolute atomic E-state index is 0.0670. The lowest BCUT2D eigenvalue weighted by molar-refractivity contribution is -0.116. The first-order valence-corrected chi connectivity index (χ1v) is 9.91. The molecule has 28 heavy (non-hydrogen) atoms. The lowest BCUT2D eigenvalue weighted by Crippen LogP contribution is -2.39. The summed E-state index contributed by atoms with van der Waals surface area (Å²) in [4.78, 5) is 21.1. The fourth-order valence-electron chi connectivity index (χ4n) is 3.09. The minimum Gasteiger partial charge on any atom is -0.357 e. The summed E-state index contributed by atoms with van der Waals surface area (Å²) in [6.07, 6.45) is 4.44. The number of amides is 1. The van der Waals surface area contributed by atoms with Crippen LogP contribution in [-0.4, -0.2) is 36.5 Å². The average Bonchev–Trinajstić information content (AvgIpc) is 3.50. The summed E-state index contributed by atoms with van der Waals surface area (Å²) in [6.45, 7) is 6.06. The number of aliphatic imine (C=N–C) groups is 1. The Balaban J connectivity index is 1.48. The standard InChI is InChI=1S/C22H29N5O/c1-3-23-21(26-16-22(12-13-22)18-7-5-4-6-8-18)24-14-11-20(28)27-19-10-9-17(2)15-25-19/h4-10,15H,3,11-14,16H2,1-2H3,(H2,23,24,26)(H,25,27,28). The monoisotopic (exact) mass is 379 g/mol. The first-order chi connectivity index (χ1) is 13.6. The van der Waals surface area contributed by atoms with Crippen LogP contribution in [0.1, 0.15) is 37.3 Å². The highest BCUT2D eigenvalue weighted by Crippen LogP contribution is 2.48. The van der Waals surface area contributed by atoms with Gasteiger partial charge in [0, 0.05) is 31.1 Å². The van der Waals surface area contributed by atoms with E-state index in [1.165, 1.54) is 18.4 Å². The quantitative estimate of drug-likeness (QED) is 0.487. The number of hydrogen-bond donors (Lipinski definition) is 3. The third-order valence-corrected chi connectivity index (χ3v) is 4.95. The van der Waals surface area contributed by atoms with E-state index in [-0.39, 0.29) is 11.3 Å². The second kappa shape index (κ2) is 9.35. The molecule has 0 atom stereocenters. The smallest absolute Gasteiger partial charge is 0.227 e. The third kappa shape index (κ3) is 5.55. The molecule has 3 rings (SSSR count). The van der Waals surface area contributed by atoms with Crippen molar-refractivity contribution in [2.45, 2.75) is 38.5 Å². The van der Waals surface area contributed by atoms with Gasteiger partial charge in [-0.25, -0.2) is 4.98 Å². The first-order valence-electron chi connectivity index (χ1n) is 9.91. The third-order valence-electron chi connectivity index (χ3n) is 4.95. The summed E-state index contributed by atoms with van der Waals surface area (Å²) in [5.74, 6) is 1.27. The molecule has 0 radical (unpaired) electrons. The Bertz CT molecular complexity index is 797. The molecule has 1 aliphatic carbocycles. The molecule has 3 N–H and O–H groups in total. The number of pyridine rings is 1. The molecular weight excluding hydrogens is 350 g/mol. The molecule has 1 amide bonds. The first kappa shape index (κ1) is 19.9. The van der Waals surface area contributed by atoms with Gasteiger partial charge < -0.3 is 16.0 Å². The van der Waals surface area contributed by atoms with Gasteiger partial charge in [0.25, 0.3) is 0 Å². The maximum Gasteiger partial charge on any atom is 0.227 e. The van der Waals surface area contributed by atoms with Gasteiger partial charge in [0.2, 0.25) is 5.91 Å². The van der Waals surface area contributed by atoms with Crippen molar-refractivity contribution in [3.05, 3.63) is 59.8 Å². The van der Waals surface area contributed by atoms with Gasteiger partial charge >= 0.3 is 0 Å². The zero-order valence-electron chi connectivity index (χ0n) is 16.7. The zero-order valence-corrected chi connectivity index (χ0v) is 16.7. The van der Waals surface area contributed by atoms with E-state index in [0.29, 0.717) is 18.8 Å². The molecule has 0 bridgehead atoms. The van der Waals surface area contributed by atoms with Crippen LogP contribution in [0.4, 0.5) is 5.82 Å². The van der Waals surface area contributed by atoms with Crippen molar-refractivity contribution in [2.24, 2.45) is 4.99 Å². The van der Waals surface area contributed by atoms with Gasteiger partial charge in [0.15, 0.2) is 5.96 Å². The zero-order chi connectivity index (χ0) is 19.8. The van der Waals surface area contributed by atoms with Crippen molar-refractivity contribution in [3.63, 3.8) is 0 Å². The lowest BCUT2D eigenvalue weighted by atomic mass is 9.96. The van der Waals surface area contributed by atoms with Gasteiger partial charge in [0.1, 0.15) is 5.82 Å². The molecular formula is C22H29N5O. The molecule has 6 nitrogen and oxygen atoms in total. The van der Waals surface area contributed by atoms with Crippen molar-refractivity contribution in [1.82, 2.24) is 15.6 Å². The van der Waals surface area contributed by atoms with E-state index in [2.05, 4.69) is 45.2 Å². The normalized spacial score (nSPS) is 15.0. The molecule has 2 aromatic rings. The number of benzene rings is 1. The Hall–Kier alpha value is -2.89. The number of rotatable bonds is 8. The van der Waals surface area contributed by atoms with E-state index < -0.39 is 0 Å². The fourth-order valence-corrected chi connectivity index (χ4v) is 3.09. The lowest BCUT2D eigenvalue weighted by Gasteiger charge is -2.16. The van der Waals surface area contributed by atoms with Crippen LogP contribution in [0.15, 0.2) is 53.7 Å². The van der Waals surface area contributed by atoms with E-state index in [9.17, 15) is 4.79 Å². The van der Waals surface area contributed by atoms with Crippen molar-refractivity contribution >= 4 is 17.7 Å². The number of carbonyl (C=O) groups is 1. The van der Waals surface area contributed by atoms with Crippen molar-refractivity contribution in [2.75, 3.05) is 25.0 Å². The Morgan fingerprint density at radius 2 is 1.93 bits per heavy atom. The maximum atomic E-state index is 12.1. The molecule has 0 spiro atoms. The summed E-state index contributed by atoms with van der Waals surface area (Å²) in [6, 6.07) is 14.3. The summed E-state index contributed by atoms with van der Waals surface area (Å²) >= 11 is 0. The molecule has 1 fully saturated rings. The number of anilines is 1. The van der Waals surface area contributed by atoms with Crippen LogP contribution in [0.25, 0.3) is 0 Å². The van der Waals surface area contributed by atoms with Gasteiger partial charge in [-0.3, -0.25) is 9.79 Å². The molecule has 1 aromatic carbocycles. The number of guanidine groups is 1. The Labute approximate surface area is 166 Å². The number of carbonyl (C=O) groups excluding carboxylic acids is 1. The maximum absolute atomic E-state index is 12.1. The number of aryl methyl sites for hydroxylation is 1. The van der Waals surface area contributed by atoms with E-state index in [0.717, 1.165) is 24.6 Å². The van der Waals surface area contributed by atoms with E-state index in [4.69, 9.17) is 4.99 Å². The second-order valence-electron chi connectivity index (χ2n) is 7.29. The van der Waals surface area contributed by atoms with E-state index in [1.54, 1.807) is 6.20 Å². The van der Waals surface area contributed by atoms with E-state index in [1.807, 2.05) is 32.0 Å². The number of aromatic nitrogens is 1. The topological polar surface area (TPSA) is 78.4 Å². The Morgan fingerprint density at radius 1 is 1.14 bits per heavy atom. The number of nitrogens with zero attached hydrogens (tertiary/aromatic N) is 2. The number of nitrogens with one attached hydrogen (secondary N) is 3. The molecule has 1 aromatic heterocycles. The van der Waals surface area contributed by atoms with E-state index >= 15 is 0 Å².